The number of aliphatic hydroxyl groups is 1. The summed E-state index contributed by atoms with van der Waals surface area (Å²) in [6, 6.07) is 2.11. The van der Waals surface area contributed by atoms with Crippen molar-refractivity contribution in [2.24, 2.45) is 5.73 Å². The van der Waals surface area contributed by atoms with E-state index in [1.165, 1.54) is 24.8 Å². The highest BCUT2D eigenvalue weighted by atomic mass is 19.1. The van der Waals surface area contributed by atoms with Gasteiger partial charge in [0.1, 0.15) is 35.5 Å². The maximum atomic E-state index is 14.5. The topological polar surface area (TPSA) is 98.1 Å². The standard InChI is InChI=1S/C19H20F2N4O2/c1-10-18(25-11(2)27-10)17(26)6-19(3,22)14-4-13(15(20)5-16(14)21)12-7-23-9-24-8-12/h4-5,7-9,17,26H,6,22H2,1-3H3/t17-,19?/m1/s1. The lowest BCUT2D eigenvalue weighted by Gasteiger charge is -2.28. The quantitative estimate of drug-likeness (QED) is 0.711. The predicted molar refractivity (Wildman–Crippen MR) is 94.5 cm³/mol. The first-order valence-corrected chi connectivity index (χ1v) is 8.35. The highest BCUT2D eigenvalue weighted by Crippen LogP contribution is 2.35. The van der Waals surface area contributed by atoms with Crippen LogP contribution in [-0.2, 0) is 5.54 Å². The van der Waals surface area contributed by atoms with E-state index >= 15 is 0 Å². The van der Waals surface area contributed by atoms with Gasteiger partial charge in [-0.1, -0.05) is 0 Å². The maximum Gasteiger partial charge on any atom is 0.191 e. The fraction of sp³-hybridized carbons (Fsp3) is 0.316. The van der Waals surface area contributed by atoms with Gasteiger partial charge in [0, 0.05) is 54.0 Å². The summed E-state index contributed by atoms with van der Waals surface area (Å²) in [5.74, 6) is -0.652. The fourth-order valence-electron chi connectivity index (χ4n) is 3.11. The molecule has 0 aliphatic carbocycles. The van der Waals surface area contributed by atoms with E-state index in [0.717, 1.165) is 6.07 Å². The highest BCUT2D eigenvalue weighted by molar-refractivity contribution is 5.63. The molecule has 2 heterocycles. The normalized spacial score (nSPS) is 14.8. The molecule has 0 amide bonds. The van der Waals surface area contributed by atoms with Crippen LogP contribution in [-0.4, -0.2) is 20.1 Å². The summed E-state index contributed by atoms with van der Waals surface area (Å²) in [5, 5.41) is 10.5. The van der Waals surface area contributed by atoms with Crippen molar-refractivity contribution in [1.82, 2.24) is 15.0 Å². The Labute approximate surface area is 155 Å². The van der Waals surface area contributed by atoms with Crippen LogP contribution >= 0.6 is 0 Å². The highest BCUT2D eigenvalue weighted by Gasteiger charge is 2.31. The minimum absolute atomic E-state index is 0.0346. The first-order chi connectivity index (χ1) is 12.7. The zero-order valence-corrected chi connectivity index (χ0v) is 15.2. The van der Waals surface area contributed by atoms with Crippen molar-refractivity contribution in [3.8, 4) is 11.1 Å². The van der Waals surface area contributed by atoms with Crippen LogP contribution < -0.4 is 5.73 Å². The van der Waals surface area contributed by atoms with Gasteiger partial charge in [0.25, 0.3) is 0 Å². The Hall–Kier alpha value is -2.71. The largest absolute Gasteiger partial charge is 0.446 e. The number of aromatic nitrogens is 3. The van der Waals surface area contributed by atoms with Crippen molar-refractivity contribution in [2.45, 2.75) is 38.8 Å². The minimum Gasteiger partial charge on any atom is -0.446 e. The Bertz CT molecular complexity index is 958. The number of oxazole rings is 1. The lowest BCUT2D eigenvalue weighted by molar-refractivity contribution is 0.131. The summed E-state index contributed by atoms with van der Waals surface area (Å²) < 4.78 is 34.1. The van der Waals surface area contributed by atoms with Crippen LogP contribution in [0.1, 0.15) is 42.4 Å². The van der Waals surface area contributed by atoms with Crippen LogP contribution in [0, 0.1) is 25.5 Å². The van der Waals surface area contributed by atoms with Gasteiger partial charge < -0.3 is 15.3 Å². The molecular formula is C19H20F2N4O2. The number of nitrogens with two attached hydrogens (primary N) is 1. The smallest absolute Gasteiger partial charge is 0.191 e. The molecule has 3 aromatic rings. The van der Waals surface area contributed by atoms with Crippen LogP contribution in [0.25, 0.3) is 11.1 Å². The molecule has 0 bridgehead atoms. The Morgan fingerprint density at radius 3 is 2.44 bits per heavy atom. The molecule has 6 nitrogen and oxygen atoms in total. The van der Waals surface area contributed by atoms with E-state index in [2.05, 4.69) is 15.0 Å². The van der Waals surface area contributed by atoms with Crippen molar-refractivity contribution in [3.63, 3.8) is 0 Å². The number of benzene rings is 1. The van der Waals surface area contributed by atoms with E-state index in [4.69, 9.17) is 10.2 Å². The lowest BCUT2D eigenvalue weighted by atomic mass is 9.84. The molecule has 0 aliphatic rings. The van der Waals surface area contributed by atoms with E-state index in [1.807, 2.05) is 0 Å². The van der Waals surface area contributed by atoms with Crippen LogP contribution in [0.15, 0.2) is 35.3 Å². The van der Waals surface area contributed by atoms with Crippen LogP contribution in [0.4, 0.5) is 8.78 Å². The molecule has 27 heavy (non-hydrogen) atoms. The molecule has 0 saturated carbocycles. The van der Waals surface area contributed by atoms with Gasteiger partial charge in [-0.05, 0) is 19.9 Å². The van der Waals surface area contributed by atoms with Crippen molar-refractivity contribution >= 4 is 0 Å². The Kier molecular flexibility index (Phi) is 5.03. The number of aliphatic hydroxyl groups excluding tert-OH is 1. The predicted octanol–water partition coefficient (Wildman–Crippen LogP) is 3.32. The minimum atomic E-state index is -1.29. The summed E-state index contributed by atoms with van der Waals surface area (Å²) in [5.41, 5.74) is 5.98. The molecule has 0 fully saturated rings. The Morgan fingerprint density at radius 2 is 1.85 bits per heavy atom. The average Bonchev–Trinajstić information content (AvgIpc) is 2.93. The molecular weight excluding hydrogens is 354 g/mol. The van der Waals surface area contributed by atoms with Crippen molar-refractivity contribution in [3.05, 3.63) is 65.4 Å². The van der Waals surface area contributed by atoms with Gasteiger partial charge in [-0.15, -0.1) is 0 Å². The average molecular weight is 374 g/mol. The van der Waals surface area contributed by atoms with E-state index in [9.17, 15) is 13.9 Å². The van der Waals surface area contributed by atoms with Gasteiger partial charge in [-0.2, -0.15) is 0 Å². The van der Waals surface area contributed by atoms with Gasteiger partial charge in [-0.3, -0.25) is 0 Å². The second kappa shape index (κ2) is 7.13. The molecule has 0 spiro atoms. The molecule has 0 aliphatic heterocycles. The number of hydrogen-bond donors (Lipinski definition) is 2. The number of hydrogen-bond acceptors (Lipinski definition) is 6. The maximum absolute atomic E-state index is 14.5. The van der Waals surface area contributed by atoms with Crippen LogP contribution in [0.5, 0.6) is 0 Å². The van der Waals surface area contributed by atoms with E-state index in [0.29, 0.717) is 22.9 Å². The molecule has 8 heteroatoms. The second-order valence-electron chi connectivity index (χ2n) is 6.75. The van der Waals surface area contributed by atoms with Gasteiger partial charge in [-0.25, -0.2) is 23.7 Å². The molecule has 142 valence electrons. The van der Waals surface area contributed by atoms with Crippen LogP contribution in [0.3, 0.4) is 0 Å². The fourth-order valence-corrected chi connectivity index (χ4v) is 3.11. The number of aryl methyl sites for hydroxylation is 2. The van der Waals surface area contributed by atoms with Crippen molar-refractivity contribution in [1.29, 1.82) is 0 Å². The summed E-state index contributed by atoms with van der Waals surface area (Å²) in [7, 11) is 0. The molecule has 3 rings (SSSR count). The van der Waals surface area contributed by atoms with Gasteiger partial charge >= 0.3 is 0 Å². The Morgan fingerprint density at radius 1 is 1.19 bits per heavy atom. The lowest BCUT2D eigenvalue weighted by Crippen LogP contribution is -2.36. The Balaban J connectivity index is 1.97. The van der Waals surface area contributed by atoms with Gasteiger partial charge in [0.15, 0.2) is 5.89 Å². The monoisotopic (exact) mass is 374 g/mol. The molecule has 1 aromatic carbocycles. The van der Waals surface area contributed by atoms with E-state index in [1.54, 1.807) is 20.8 Å². The third-order valence-corrected chi connectivity index (χ3v) is 4.42. The van der Waals surface area contributed by atoms with Crippen LogP contribution in [0.2, 0.25) is 0 Å². The number of halogens is 2. The SMILES string of the molecule is Cc1nc([C@H](O)CC(C)(N)c2cc(-c3cncnc3)c(F)cc2F)c(C)o1. The molecule has 3 N–H and O–H groups in total. The zero-order chi connectivity index (χ0) is 19.8. The number of nitrogens with zero attached hydrogens (tertiary/aromatic N) is 3. The van der Waals surface area contributed by atoms with E-state index in [-0.39, 0.29) is 17.5 Å². The van der Waals surface area contributed by atoms with E-state index < -0.39 is 23.3 Å². The van der Waals surface area contributed by atoms with Crippen molar-refractivity contribution in [2.75, 3.05) is 0 Å². The van der Waals surface area contributed by atoms with Gasteiger partial charge in [0.05, 0.1) is 0 Å². The first-order valence-electron chi connectivity index (χ1n) is 8.35. The summed E-state index contributed by atoms with van der Waals surface area (Å²) in [6.45, 7) is 4.91. The third-order valence-electron chi connectivity index (χ3n) is 4.42. The molecule has 0 saturated heterocycles. The zero-order valence-electron chi connectivity index (χ0n) is 15.2. The molecule has 2 aromatic heterocycles. The third kappa shape index (κ3) is 3.86. The second-order valence-corrected chi connectivity index (χ2v) is 6.75. The van der Waals surface area contributed by atoms with Crippen molar-refractivity contribution < 1.29 is 18.3 Å². The first kappa shape index (κ1) is 19.1. The van der Waals surface area contributed by atoms with Gasteiger partial charge in [0.2, 0.25) is 0 Å². The molecule has 0 radical (unpaired) electrons. The molecule has 2 atom stereocenters. The summed E-state index contributed by atoms with van der Waals surface area (Å²) >= 11 is 0. The number of rotatable bonds is 5. The summed E-state index contributed by atoms with van der Waals surface area (Å²) in [6.07, 6.45) is 3.07. The summed E-state index contributed by atoms with van der Waals surface area (Å²) in [4.78, 5) is 11.9. The molecule has 1 unspecified atom stereocenters.